The number of piperidine rings is 1. The van der Waals surface area contributed by atoms with Crippen molar-refractivity contribution in [2.45, 2.75) is 57.7 Å². The summed E-state index contributed by atoms with van der Waals surface area (Å²) in [5.41, 5.74) is -5.25. The summed E-state index contributed by atoms with van der Waals surface area (Å²) in [6, 6.07) is -0.126. The quantitative estimate of drug-likeness (QED) is 0.218. The number of rotatable bonds is 8. The molecule has 0 aliphatic carbocycles. The summed E-state index contributed by atoms with van der Waals surface area (Å²) >= 11 is 0. The zero-order valence-electron chi connectivity index (χ0n) is 15.9. The van der Waals surface area contributed by atoms with Crippen molar-refractivity contribution in [2.75, 3.05) is 32.8 Å². The summed E-state index contributed by atoms with van der Waals surface area (Å²) in [5.74, 6) is 0.578. The Morgan fingerprint density at radius 3 is 2.37 bits per heavy atom. The van der Waals surface area contributed by atoms with Gasteiger partial charge >= 0.3 is 15.5 Å². The molecule has 27 heavy (non-hydrogen) atoms. The first kappa shape index (κ1) is 26.7. The van der Waals surface area contributed by atoms with Crippen LogP contribution in [0.2, 0.25) is 0 Å². The topological polar surface area (TPSA) is 83.0 Å². The molecule has 0 amide bonds. The number of hydrogen-bond acceptors (Lipinski definition) is 4. The van der Waals surface area contributed by atoms with Gasteiger partial charge in [-0.3, -0.25) is 4.99 Å². The standard InChI is InChI=1S/C15H29F3N4O3S.HI/c1-4-19-14(20-8-5-11-25-12(2)3)21-13-6-9-22(10-7-13)26(23,24)15(16,17)18;/h12-13H,4-11H2,1-3H3,(H2,19,20,21);1H. The van der Waals surface area contributed by atoms with Crippen LogP contribution in [0.5, 0.6) is 0 Å². The third-order valence-electron chi connectivity index (χ3n) is 3.79. The van der Waals surface area contributed by atoms with Crippen molar-refractivity contribution in [1.82, 2.24) is 14.9 Å². The molecular weight excluding hydrogens is 500 g/mol. The Kier molecular flexibility index (Phi) is 12.1. The van der Waals surface area contributed by atoms with E-state index in [1.165, 1.54) is 0 Å². The molecule has 1 saturated heterocycles. The molecule has 0 aromatic rings. The van der Waals surface area contributed by atoms with Crippen LogP contribution in [-0.2, 0) is 14.8 Å². The molecule has 0 aromatic heterocycles. The van der Waals surface area contributed by atoms with Gasteiger partial charge in [0.2, 0.25) is 0 Å². The zero-order valence-corrected chi connectivity index (χ0v) is 19.0. The van der Waals surface area contributed by atoms with Gasteiger partial charge in [-0.05, 0) is 40.0 Å². The molecule has 162 valence electrons. The summed E-state index contributed by atoms with van der Waals surface area (Å²) in [6.07, 6.45) is 1.51. The number of guanidine groups is 1. The lowest BCUT2D eigenvalue weighted by Crippen LogP contribution is -2.51. The summed E-state index contributed by atoms with van der Waals surface area (Å²) in [7, 11) is -5.24. The van der Waals surface area contributed by atoms with Gasteiger partial charge in [-0.2, -0.15) is 17.5 Å². The van der Waals surface area contributed by atoms with Crippen LogP contribution >= 0.6 is 24.0 Å². The highest BCUT2D eigenvalue weighted by Gasteiger charge is 2.50. The minimum absolute atomic E-state index is 0. The third-order valence-corrected chi connectivity index (χ3v) is 5.42. The Morgan fingerprint density at radius 1 is 1.30 bits per heavy atom. The highest BCUT2D eigenvalue weighted by Crippen LogP contribution is 2.28. The number of hydrogen-bond donors (Lipinski definition) is 2. The highest BCUT2D eigenvalue weighted by atomic mass is 127. The van der Waals surface area contributed by atoms with Crippen LogP contribution in [0.25, 0.3) is 0 Å². The third kappa shape index (κ3) is 9.13. The summed E-state index contributed by atoms with van der Waals surface area (Å²) in [6.45, 7) is 7.31. The van der Waals surface area contributed by atoms with Crippen LogP contribution in [0.3, 0.4) is 0 Å². The second-order valence-corrected chi connectivity index (χ2v) is 8.23. The largest absolute Gasteiger partial charge is 0.511 e. The summed E-state index contributed by atoms with van der Waals surface area (Å²) in [5, 5.41) is 6.24. The van der Waals surface area contributed by atoms with Gasteiger partial charge in [-0.1, -0.05) is 0 Å². The number of nitrogens with one attached hydrogen (secondary N) is 2. The smallest absolute Gasteiger partial charge is 0.379 e. The van der Waals surface area contributed by atoms with E-state index in [-0.39, 0.29) is 62.1 Å². The van der Waals surface area contributed by atoms with E-state index >= 15 is 0 Å². The lowest BCUT2D eigenvalue weighted by Gasteiger charge is -2.32. The van der Waals surface area contributed by atoms with E-state index in [0.717, 1.165) is 6.42 Å². The lowest BCUT2D eigenvalue weighted by atomic mass is 10.1. The molecule has 0 radical (unpaired) electrons. The minimum atomic E-state index is -5.25. The van der Waals surface area contributed by atoms with Gasteiger partial charge in [0.25, 0.3) is 0 Å². The first-order valence-electron chi connectivity index (χ1n) is 8.80. The SMILES string of the molecule is CCNC(=NCCCOC(C)C)NC1CCN(S(=O)(=O)C(F)(F)F)CC1.I. The molecule has 1 heterocycles. The predicted molar refractivity (Wildman–Crippen MR) is 110 cm³/mol. The van der Waals surface area contributed by atoms with Crippen LogP contribution in [0.15, 0.2) is 4.99 Å². The average Bonchev–Trinajstić information content (AvgIpc) is 2.53. The normalized spacial score (nSPS) is 17.7. The predicted octanol–water partition coefficient (Wildman–Crippen LogP) is 2.29. The summed E-state index contributed by atoms with van der Waals surface area (Å²) < 4.78 is 66.6. The number of halogens is 4. The Bertz CT molecular complexity index is 551. The Morgan fingerprint density at radius 2 is 1.89 bits per heavy atom. The van der Waals surface area contributed by atoms with Crippen molar-refractivity contribution in [3.63, 3.8) is 0 Å². The maximum atomic E-state index is 12.6. The van der Waals surface area contributed by atoms with Crippen LogP contribution in [0.1, 0.15) is 40.0 Å². The monoisotopic (exact) mass is 530 g/mol. The van der Waals surface area contributed by atoms with Crippen molar-refractivity contribution in [1.29, 1.82) is 0 Å². The molecule has 1 aliphatic heterocycles. The van der Waals surface area contributed by atoms with Gasteiger partial charge in [-0.25, -0.2) is 8.42 Å². The van der Waals surface area contributed by atoms with Crippen LogP contribution in [-0.4, -0.2) is 69.1 Å². The van der Waals surface area contributed by atoms with E-state index in [0.29, 0.717) is 30.0 Å². The molecule has 0 aromatic carbocycles. The minimum Gasteiger partial charge on any atom is -0.379 e. The van der Waals surface area contributed by atoms with Gasteiger partial charge in [0.15, 0.2) is 5.96 Å². The van der Waals surface area contributed by atoms with Gasteiger partial charge in [0.1, 0.15) is 0 Å². The van der Waals surface area contributed by atoms with Crippen molar-refractivity contribution in [3.05, 3.63) is 0 Å². The van der Waals surface area contributed by atoms with Gasteiger partial charge in [-0.15, -0.1) is 24.0 Å². The fourth-order valence-corrected chi connectivity index (χ4v) is 3.46. The average molecular weight is 530 g/mol. The van der Waals surface area contributed by atoms with E-state index in [1.807, 2.05) is 20.8 Å². The summed E-state index contributed by atoms with van der Waals surface area (Å²) in [4.78, 5) is 4.41. The van der Waals surface area contributed by atoms with Crippen molar-refractivity contribution in [3.8, 4) is 0 Å². The first-order chi connectivity index (χ1) is 12.1. The Hall–Kier alpha value is -0.340. The molecule has 0 atom stereocenters. The van der Waals surface area contributed by atoms with Gasteiger partial charge in [0.05, 0.1) is 6.10 Å². The molecule has 1 fully saturated rings. The lowest BCUT2D eigenvalue weighted by molar-refractivity contribution is -0.0494. The molecule has 0 bridgehead atoms. The Labute approximate surface area is 176 Å². The fraction of sp³-hybridized carbons (Fsp3) is 0.933. The fourth-order valence-electron chi connectivity index (χ4n) is 2.47. The van der Waals surface area contributed by atoms with Crippen molar-refractivity contribution < 1.29 is 26.3 Å². The van der Waals surface area contributed by atoms with E-state index in [4.69, 9.17) is 4.74 Å². The number of aliphatic imine (C=N–C) groups is 1. The second-order valence-electron chi connectivity index (χ2n) is 6.30. The van der Waals surface area contributed by atoms with Gasteiger partial charge < -0.3 is 15.4 Å². The molecular formula is C15H30F3IN4O3S. The molecule has 2 N–H and O–H groups in total. The highest BCUT2D eigenvalue weighted by molar-refractivity contribution is 14.0. The Balaban J connectivity index is 0.00000676. The molecule has 1 rings (SSSR count). The molecule has 7 nitrogen and oxygen atoms in total. The zero-order chi connectivity index (χ0) is 19.8. The van der Waals surface area contributed by atoms with E-state index in [2.05, 4.69) is 15.6 Å². The van der Waals surface area contributed by atoms with Crippen molar-refractivity contribution >= 4 is 40.0 Å². The van der Waals surface area contributed by atoms with Crippen molar-refractivity contribution in [2.24, 2.45) is 4.99 Å². The number of ether oxygens (including phenoxy) is 1. The maximum Gasteiger partial charge on any atom is 0.511 e. The molecule has 0 saturated carbocycles. The molecule has 0 spiro atoms. The number of sulfonamides is 1. The van der Waals surface area contributed by atoms with Crippen LogP contribution < -0.4 is 10.6 Å². The second kappa shape index (κ2) is 12.3. The van der Waals surface area contributed by atoms with E-state index in [1.54, 1.807) is 0 Å². The van der Waals surface area contributed by atoms with Crippen LogP contribution in [0, 0.1) is 0 Å². The van der Waals surface area contributed by atoms with Gasteiger partial charge in [0, 0.05) is 38.8 Å². The first-order valence-corrected chi connectivity index (χ1v) is 10.2. The molecule has 12 heteroatoms. The maximum absolute atomic E-state index is 12.6. The number of alkyl halides is 3. The van der Waals surface area contributed by atoms with Crippen LogP contribution in [0.4, 0.5) is 13.2 Å². The molecule has 1 aliphatic rings. The molecule has 0 unspecified atom stereocenters. The van der Waals surface area contributed by atoms with E-state index in [9.17, 15) is 21.6 Å². The van der Waals surface area contributed by atoms with E-state index < -0.39 is 15.5 Å². The number of nitrogens with zero attached hydrogens (tertiary/aromatic N) is 2.